The van der Waals surface area contributed by atoms with Crippen molar-refractivity contribution in [3.63, 3.8) is 0 Å². The van der Waals surface area contributed by atoms with Crippen LogP contribution >= 0.6 is 23.1 Å². The summed E-state index contributed by atoms with van der Waals surface area (Å²) in [5, 5.41) is 5.76. The Hall–Kier alpha value is -1.37. The van der Waals surface area contributed by atoms with Gasteiger partial charge in [0.25, 0.3) is 0 Å². The van der Waals surface area contributed by atoms with E-state index in [4.69, 9.17) is 0 Å². The summed E-state index contributed by atoms with van der Waals surface area (Å²) in [5.74, 6) is 1.17. The van der Waals surface area contributed by atoms with Crippen LogP contribution in [0.5, 0.6) is 0 Å². The molecule has 2 aromatic rings. The van der Waals surface area contributed by atoms with E-state index in [1.165, 1.54) is 36.2 Å². The van der Waals surface area contributed by atoms with Gasteiger partial charge in [0.2, 0.25) is 5.91 Å². The zero-order valence-corrected chi connectivity index (χ0v) is 17.8. The molecule has 27 heavy (non-hydrogen) atoms. The minimum absolute atomic E-state index is 0.0600. The average molecular weight is 404 g/mol. The van der Waals surface area contributed by atoms with E-state index in [2.05, 4.69) is 46.6 Å². The third-order valence-corrected chi connectivity index (χ3v) is 7.18. The molecule has 1 atom stereocenters. The van der Waals surface area contributed by atoms with Crippen molar-refractivity contribution in [3.05, 3.63) is 47.0 Å². The average Bonchev–Trinajstić information content (AvgIpc) is 3.10. The van der Waals surface area contributed by atoms with Gasteiger partial charge < -0.3 is 5.32 Å². The monoisotopic (exact) mass is 403 g/mol. The largest absolute Gasteiger partial charge is 0.301 e. The van der Waals surface area contributed by atoms with E-state index in [0.29, 0.717) is 0 Å². The third kappa shape index (κ3) is 6.33. The van der Waals surface area contributed by atoms with E-state index < -0.39 is 0 Å². The van der Waals surface area contributed by atoms with Gasteiger partial charge in [0.1, 0.15) is 0 Å². The van der Waals surface area contributed by atoms with Crippen LogP contribution in [0.3, 0.4) is 0 Å². The van der Waals surface area contributed by atoms with Gasteiger partial charge >= 0.3 is 0 Å². The van der Waals surface area contributed by atoms with E-state index in [0.717, 1.165) is 36.2 Å². The van der Waals surface area contributed by atoms with Gasteiger partial charge in [-0.05, 0) is 37.4 Å². The maximum absolute atomic E-state index is 12.8. The van der Waals surface area contributed by atoms with E-state index in [1.807, 2.05) is 18.2 Å². The summed E-state index contributed by atoms with van der Waals surface area (Å²) in [7, 11) is 0. The van der Waals surface area contributed by atoms with Crippen molar-refractivity contribution in [2.24, 2.45) is 5.92 Å². The normalized spacial score (nSPS) is 16.4. The molecule has 3 rings (SSSR count). The number of anilines is 1. The highest BCUT2D eigenvalue weighted by Gasteiger charge is 2.24. The van der Waals surface area contributed by atoms with Gasteiger partial charge in [-0.1, -0.05) is 50.6 Å². The predicted octanol–water partition coefficient (Wildman–Crippen LogP) is 5.03. The Bertz CT molecular complexity index is 711. The van der Waals surface area contributed by atoms with Crippen LogP contribution in [-0.2, 0) is 17.1 Å². The van der Waals surface area contributed by atoms with Crippen molar-refractivity contribution in [1.29, 1.82) is 0 Å². The number of benzene rings is 1. The Kier molecular flexibility index (Phi) is 7.73. The molecule has 1 amide bonds. The van der Waals surface area contributed by atoms with E-state index in [9.17, 15) is 4.79 Å². The Balaban J connectivity index is 1.53. The van der Waals surface area contributed by atoms with Crippen LogP contribution in [0.15, 0.2) is 35.7 Å². The number of amides is 1. The number of piperidine rings is 1. The Morgan fingerprint density at radius 3 is 2.67 bits per heavy atom. The first-order chi connectivity index (χ1) is 13.1. The van der Waals surface area contributed by atoms with Crippen LogP contribution < -0.4 is 5.32 Å². The lowest BCUT2D eigenvalue weighted by atomic mass is 10.1. The number of carbonyl (C=O) groups is 1. The number of rotatable bonds is 8. The van der Waals surface area contributed by atoms with Crippen LogP contribution in [0, 0.1) is 5.92 Å². The Morgan fingerprint density at radius 1 is 1.22 bits per heavy atom. The summed E-state index contributed by atoms with van der Waals surface area (Å²) in [6, 6.07) is 10.3. The fourth-order valence-corrected chi connectivity index (χ4v) is 5.16. The molecular formula is C21H29N3OS2. The Labute approximate surface area is 170 Å². The first-order valence-electron chi connectivity index (χ1n) is 9.75. The van der Waals surface area contributed by atoms with Crippen LogP contribution in [0.1, 0.15) is 44.4 Å². The fourth-order valence-electron chi connectivity index (χ4n) is 3.29. The summed E-state index contributed by atoms with van der Waals surface area (Å²) in [6.45, 7) is 7.41. The van der Waals surface area contributed by atoms with Crippen molar-refractivity contribution < 1.29 is 4.79 Å². The summed E-state index contributed by atoms with van der Waals surface area (Å²) in [6.07, 6.45) is 3.90. The second kappa shape index (κ2) is 10.2. The molecule has 0 radical (unpaired) electrons. The van der Waals surface area contributed by atoms with Crippen molar-refractivity contribution >= 4 is 34.1 Å². The van der Waals surface area contributed by atoms with Crippen LogP contribution in [0.2, 0.25) is 0 Å². The SMILES string of the molecule is CC(C)C(SCc1ccccc1)C(=O)Nc1nc(CN2CCCCC2)cs1. The zero-order valence-electron chi connectivity index (χ0n) is 16.2. The quantitative estimate of drug-likeness (QED) is 0.672. The molecule has 0 bridgehead atoms. The van der Waals surface area contributed by atoms with E-state index >= 15 is 0 Å². The van der Waals surface area contributed by atoms with Gasteiger partial charge in [-0.3, -0.25) is 9.69 Å². The van der Waals surface area contributed by atoms with Gasteiger partial charge in [-0.25, -0.2) is 4.98 Å². The van der Waals surface area contributed by atoms with Gasteiger partial charge in [0.05, 0.1) is 10.9 Å². The maximum Gasteiger partial charge on any atom is 0.239 e. The summed E-state index contributed by atoms with van der Waals surface area (Å²) in [5.41, 5.74) is 2.31. The summed E-state index contributed by atoms with van der Waals surface area (Å²) < 4.78 is 0. The molecule has 1 aromatic carbocycles. The van der Waals surface area contributed by atoms with E-state index in [1.54, 1.807) is 11.8 Å². The molecule has 1 aromatic heterocycles. The standard InChI is InChI=1S/C21H29N3OS2/c1-16(2)19(26-14-17-9-5-3-6-10-17)20(25)23-21-22-18(15-27-21)13-24-11-7-4-8-12-24/h3,5-6,9-10,15-16,19H,4,7-8,11-14H2,1-2H3,(H,22,23,25). The lowest BCUT2D eigenvalue weighted by Crippen LogP contribution is -2.30. The van der Waals surface area contributed by atoms with Crippen molar-refractivity contribution in [1.82, 2.24) is 9.88 Å². The molecular weight excluding hydrogens is 374 g/mol. The summed E-state index contributed by atoms with van der Waals surface area (Å²) in [4.78, 5) is 19.9. The van der Waals surface area contributed by atoms with Gasteiger partial charge in [-0.15, -0.1) is 23.1 Å². The molecule has 4 nitrogen and oxygen atoms in total. The second-order valence-electron chi connectivity index (χ2n) is 7.43. The molecule has 1 fully saturated rings. The predicted molar refractivity (Wildman–Crippen MR) is 116 cm³/mol. The van der Waals surface area contributed by atoms with Crippen molar-refractivity contribution in [2.45, 2.75) is 50.7 Å². The highest BCUT2D eigenvalue weighted by molar-refractivity contribution is 7.99. The van der Waals surface area contributed by atoms with Gasteiger partial charge in [0.15, 0.2) is 5.13 Å². The molecule has 1 aliphatic heterocycles. The lowest BCUT2D eigenvalue weighted by Gasteiger charge is -2.25. The molecule has 0 spiro atoms. The highest BCUT2D eigenvalue weighted by atomic mass is 32.2. The molecule has 1 aliphatic rings. The van der Waals surface area contributed by atoms with Crippen LogP contribution in [0.25, 0.3) is 0 Å². The van der Waals surface area contributed by atoms with Crippen LogP contribution in [-0.4, -0.2) is 34.1 Å². The molecule has 0 aliphatic carbocycles. The molecule has 2 heterocycles. The number of nitrogens with one attached hydrogen (secondary N) is 1. The molecule has 146 valence electrons. The number of thioether (sulfide) groups is 1. The smallest absolute Gasteiger partial charge is 0.239 e. The maximum atomic E-state index is 12.8. The Morgan fingerprint density at radius 2 is 1.96 bits per heavy atom. The summed E-state index contributed by atoms with van der Waals surface area (Å²) >= 11 is 3.23. The fraction of sp³-hybridized carbons (Fsp3) is 0.524. The van der Waals surface area contributed by atoms with Gasteiger partial charge in [0, 0.05) is 17.7 Å². The van der Waals surface area contributed by atoms with Crippen molar-refractivity contribution in [2.75, 3.05) is 18.4 Å². The van der Waals surface area contributed by atoms with Crippen LogP contribution in [0.4, 0.5) is 5.13 Å². The third-order valence-electron chi connectivity index (χ3n) is 4.75. The number of thiazole rings is 1. The number of hydrogen-bond donors (Lipinski definition) is 1. The van der Waals surface area contributed by atoms with E-state index in [-0.39, 0.29) is 17.1 Å². The number of likely N-dealkylation sites (tertiary alicyclic amines) is 1. The molecule has 1 unspecified atom stereocenters. The minimum Gasteiger partial charge on any atom is -0.301 e. The number of aromatic nitrogens is 1. The molecule has 6 heteroatoms. The lowest BCUT2D eigenvalue weighted by molar-refractivity contribution is -0.116. The number of carbonyl (C=O) groups excluding carboxylic acids is 1. The highest BCUT2D eigenvalue weighted by Crippen LogP contribution is 2.26. The zero-order chi connectivity index (χ0) is 19.1. The number of nitrogens with zero attached hydrogens (tertiary/aromatic N) is 2. The topological polar surface area (TPSA) is 45.2 Å². The first-order valence-corrected chi connectivity index (χ1v) is 11.7. The molecule has 1 saturated heterocycles. The molecule has 0 saturated carbocycles. The minimum atomic E-state index is -0.0837. The number of hydrogen-bond acceptors (Lipinski definition) is 5. The first kappa shape index (κ1) is 20.4. The molecule has 1 N–H and O–H groups in total. The van der Waals surface area contributed by atoms with Gasteiger partial charge in [-0.2, -0.15) is 0 Å². The second-order valence-corrected chi connectivity index (χ2v) is 9.42. The van der Waals surface area contributed by atoms with Crippen molar-refractivity contribution in [3.8, 4) is 0 Å².